The zero-order valence-electron chi connectivity index (χ0n) is 14.4. The molecule has 0 aliphatic heterocycles. The topological polar surface area (TPSA) is 29.5 Å². The third-order valence-electron chi connectivity index (χ3n) is 4.26. The molecule has 0 bridgehead atoms. The molecule has 0 aromatic heterocycles. The lowest BCUT2D eigenvalue weighted by atomic mass is 9.72. The van der Waals surface area contributed by atoms with Crippen molar-refractivity contribution in [2.75, 3.05) is 0 Å². The first kappa shape index (κ1) is 17.0. The van der Waals surface area contributed by atoms with Crippen LogP contribution in [0.2, 0.25) is 19.6 Å². The molecule has 3 atom stereocenters. The van der Waals surface area contributed by atoms with Crippen LogP contribution in [0.15, 0.2) is 53.8 Å². The lowest BCUT2D eigenvalue weighted by molar-refractivity contribution is 0.146. The molecule has 1 aromatic carbocycles. The molecule has 1 aliphatic carbocycles. The summed E-state index contributed by atoms with van der Waals surface area (Å²) in [5, 5.41) is 10.5. The number of benzene rings is 1. The molecule has 2 nitrogen and oxygen atoms in total. The van der Waals surface area contributed by atoms with Crippen LogP contribution in [-0.2, 0) is 4.43 Å². The van der Waals surface area contributed by atoms with Crippen molar-refractivity contribution < 1.29 is 9.53 Å². The molecule has 0 heterocycles. The van der Waals surface area contributed by atoms with Gasteiger partial charge in [-0.2, -0.15) is 0 Å². The van der Waals surface area contributed by atoms with Gasteiger partial charge in [-0.15, -0.1) is 0 Å². The first-order chi connectivity index (χ1) is 10.2. The first-order valence-electron chi connectivity index (χ1n) is 7.99. The maximum Gasteiger partial charge on any atom is 0.241 e. The van der Waals surface area contributed by atoms with Crippen molar-refractivity contribution in [1.82, 2.24) is 0 Å². The van der Waals surface area contributed by atoms with Crippen LogP contribution in [0.4, 0.5) is 0 Å². The van der Waals surface area contributed by atoms with E-state index < -0.39 is 14.4 Å². The van der Waals surface area contributed by atoms with Gasteiger partial charge in [-0.05, 0) is 57.0 Å². The van der Waals surface area contributed by atoms with Crippen LogP contribution in [0.1, 0.15) is 31.7 Å². The Labute approximate surface area is 135 Å². The zero-order chi connectivity index (χ0) is 16.5. The van der Waals surface area contributed by atoms with E-state index in [2.05, 4.69) is 57.4 Å². The minimum absolute atomic E-state index is 0.161. The van der Waals surface area contributed by atoms with E-state index >= 15 is 0 Å². The van der Waals surface area contributed by atoms with E-state index in [-0.39, 0.29) is 11.8 Å². The van der Waals surface area contributed by atoms with E-state index in [0.717, 1.165) is 23.3 Å². The molecule has 0 radical (unpaired) electrons. The minimum Gasteiger partial charge on any atom is -0.547 e. The van der Waals surface area contributed by atoms with Crippen LogP contribution in [0.3, 0.4) is 0 Å². The van der Waals surface area contributed by atoms with E-state index in [1.807, 2.05) is 13.0 Å². The second-order valence-corrected chi connectivity index (χ2v) is 11.8. The number of aliphatic hydroxyl groups excluding tert-OH is 1. The Kier molecular flexibility index (Phi) is 4.98. The molecule has 120 valence electrons. The van der Waals surface area contributed by atoms with Crippen molar-refractivity contribution in [2.45, 2.75) is 51.9 Å². The first-order valence-corrected chi connectivity index (χ1v) is 11.4. The number of allylic oxidation sites excluding steroid dienone is 2. The van der Waals surface area contributed by atoms with E-state index in [9.17, 15) is 5.11 Å². The van der Waals surface area contributed by atoms with Crippen LogP contribution in [0, 0.1) is 5.92 Å². The summed E-state index contributed by atoms with van der Waals surface area (Å²) in [6.45, 7) is 14.8. The largest absolute Gasteiger partial charge is 0.547 e. The third kappa shape index (κ3) is 3.71. The summed E-state index contributed by atoms with van der Waals surface area (Å²) >= 11 is 0. The Hall–Kier alpha value is -1.32. The van der Waals surface area contributed by atoms with E-state index in [0.29, 0.717) is 0 Å². The summed E-state index contributed by atoms with van der Waals surface area (Å²) in [4.78, 5) is 0. The number of hydrogen-bond donors (Lipinski definition) is 1. The summed E-state index contributed by atoms with van der Waals surface area (Å²) in [5.74, 6) is 1.35. The highest BCUT2D eigenvalue weighted by Gasteiger charge is 2.38. The molecule has 0 saturated carbocycles. The van der Waals surface area contributed by atoms with Crippen molar-refractivity contribution in [3.05, 3.63) is 59.4 Å². The van der Waals surface area contributed by atoms with E-state index in [1.165, 1.54) is 5.56 Å². The lowest BCUT2D eigenvalue weighted by Crippen LogP contribution is -2.35. The summed E-state index contributed by atoms with van der Waals surface area (Å²) in [5.41, 5.74) is 3.33. The van der Waals surface area contributed by atoms with Gasteiger partial charge in [0, 0.05) is 5.92 Å². The van der Waals surface area contributed by atoms with Crippen LogP contribution >= 0.6 is 0 Å². The SMILES string of the molecule is C=C(C)[C@H]1C[C@@H](O)C(C)=C(O[Si](C)(C)C)[C@@H]1c1ccccc1. The molecule has 1 N–H and O–H groups in total. The molecule has 0 saturated heterocycles. The smallest absolute Gasteiger partial charge is 0.241 e. The molecule has 0 amide bonds. The zero-order valence-corrected chi connectivity index (χ0v) is 15.4. The average Bonchev–Trinajstić information content (AvgIpc) is 2.43. The van der Waals surface area contributed by atoms with Crippen molar-refractivity contribution in [2.24, 2.45) is 5.92 Å². The Morgan fingerprint density at radius 3 is 2.32 bits per heavy atom. The highest BCUT2D eigenvalue weighted by molar-refractivity contribution is 6.70. The van der Waals surface area contributed by atoms with Gasteiger partial charge in [0.25, 0.3) is 0 Å². The number of hydrogen-bond acceptors (Lipinski definition) is 2. The van der Waals surface area contributed by atoms with Gasteiger partial charge < -0.3 is 9.53 Å². The Bertz CT molecular complexity index is 569. The molecule has 1 aromatic rings. The molecule has 0 unspecified atom stereocenters. The van der Waals surface area contributed by atoms with Crippen molar-refractivity contribution >= 4 is 8.32 Å². The fourth-order valence-electron chi connectivity index (χ4n) is 3.15. The molecule has 0 spiro atoms. The third-order valence-corrected chi connectivity index (χ3v) is 5.09. The molecular weight excluding hydrogens is 288 g/mol. The second-order valence-electron chi connectivity index (χ2n) is 7.35. The molecule has 0 fully saturated rings. The maximum absolute atomic E-state index is 10.5. The second kappa shape index (κ2) is 6.43. The van der Waals surface area contributed by atoms with Gasteiger partial charge in [-0.25, -0.2) is 0 Å². The molecule has 22 heavy (non-hydrogen) atoms. The number of rotatable bonds is 4. The minimum atomic E-state index is -1.75. The fraction of sp³-hybridized carbons (Fsp3) is 0.474. The predicted molar refractivity (Wildman–Crippen MR) is 95.2 cm³/mol. The van der Waals surface area contributed by atoms with E-state index in [4.69, 9.17) is 4.43 Å². The molecular formula is C19H28O2Si. The Morgan fingerprint density at radius 1 is 1.23 bits per heavy atom. The van der Waals surface area contributed by atoms with Gasteiger partial charge in [0.05, 0.1) is 11.9 Å². The van der Waals surface area contributed by atoms with Crippen LogP contribution in [0.5, 0.6) is 0 Å². The molecule has 1 aliphatic rings. The quantitative estimate of drug-likeness (QED) is 0.635. The Balaban J connectivity index is 2.55. The molecule has 3 heteroatoms. The van der Waals surface area contributed by atoms with Crippen LogP contribution in [-0.4, -0.2) is 19.5 Å². The summed E-state index contributed by atoms with van der Waals surface area (Å²) in [7, 11) is -1.75. The fourth-order valence-corrected chi connectivity index (χ4v) is 4.10. The van der Waals surface area contributed by atoms with Crippen molar-refractivity contribution in [3.63, 3.8) is 0 Å². The lowest BCUT2D eigenvalue weighted by Gasteiger charge is -2.40. The highest BCUT2D eigenvalue weighted by atomic mass is 28.4. The average molecular weight is 317 g/mol. The summed E-state index contributed by atoms with van der Waals surface area (Å²) < 4.78 is 6.43. The van der Waals surface area contributed by atoms with Crippen LogP contribution < -0.4 is 0 Å². The predicted octanol–water partition coefficient (Wildman–Crippen LogP) is 4.85. The van der Waals surface area contributed by atoms with Gasteiger partial charge in [-0.3, -0.25) is 0 Å². The van der Waals surface area contributed by atoms with Crippen molar-refractivity contribution in [3.8, 4) is 0 Å². The Morgan fingerprint density at radius 2 is 1.82 bits per heavy atom. The normalized spacial score (nSPS) is 26.0. The highest BCUT2D eigenvalue weighted by Crippen LogP contribution is 2.45. The summed E-state index contributed by atoms with van der Waals surface area (Å²) in [6, 6.07) is 10.5. The van der Waals surface area contributed by atoms with Gasteiger partial charge >= 0.3 is 0 Å². The monoisotopic (exact) mass is 316 g/mol. The van der Waals surface area contributed by atoms with Crippen molar-refractivity contribution in [1.29, 1.82) is 0 Å². The summed E-state index contributed by atoms with van der Waals surface area (Å²) in [6.07, 6.45) is 0.284. The van der Waals surface area contributed by atoms with Gasteiger partial charge in [0.2, 0.25) is 8.32 Å². The molecule has 2 rings (SSSR count). The van der Waals surface area contributed by atoms with Gasteiger partial charge in [0.15, 0.2) is 0 Å². The van der Waals surface area contributed by atoms with Gasteiger partial charge in [-0.1, -0.05) is 42.5 Å². The number of aliphatic hydroxyl groups is 1. The van der Waals surface area contributed by atoms with E-state index in [1.54, 1.807) is 0 Å². The standard InChI is InChI=1S/C19H28O2Si/c1-13(2)16-12-17(20)14(3)19(21-22(4,5)6)18(16)15-10-8-7-9-11-15/h7-11,16-18,20H,1,12H2,2-6H3/t16-,17-,18-/m1/s1. The maximum atomic E-state index is 10.5. The van der Waals surface area contributed by atoms with Gasteiger partial charge in [0.1, 0.15) is 0 Å². The van der Waals surface area contributed by atoms with Crippen LogP contribution in [0.25, 0.3) is 0 Å².